The van der Waals surface area contributed by atoms with Gasteiger partial charge in [0.2, 0.25) is 14.9 Å². The van der Waals surface area contributed by atoms with Gasteiger partial charge >= 0.3 is 5.97 Å². The second-order valence-electron chi connectivity index (χ2n) is 8.75. The van der Waals surface area contributed by atoms with Crippen LogP contribution in [0.3, 0.4) is 0 Å². The minimum atomic E-state index is -3.51. The molecule has 1 aromatic carbocycles. The summed E-state index contributed by atoms with van der Waals surface area (Å²) in [6.07, 6.45) is 1.38. The van der Waals surface area contributed by atoms with Crippen LogP contribution < -0.4 is 10.6 Å². The van der Waals surface area contributed by atoms with Crippen molar-refractivity contribution in [2.75, 3.05) is 19.3 Å². The fraction of sp³-hybridized carbons (Fsp3) is 0.292. The summed E-state index contributed by atoms with van der Waals surface area (Å²) in [5.74, 6) is -1.97. The van der Waals surface area contributed by atoms with Crippen LogP contribution in [0.5, 0.6) is 0 Å². The van der Waals surface area contributed by atoms with Crippen molar-refractivity contribution in [3.05, 3.63) is 72.0 Å². The Labute approximate surface area is 242 Å². The largest absolute Gasteiger partial charge is 0.480 e. The number of thiophene rings is 1. The molecule has 15 heteroatoms. The Morgan fingerprint density at radius 3 is 2.54 bits per heavy atom. The van der Waals surface area contributed by atoms with Gasteiger partial charge in [-0.2, -0.15) is 0 Å². The first kappa shape index (κ1) is 29.4. The van der Waals surface area contributed by atoms with Crippen LogP contribution in [0, 0.1) is 0 Å². The lowest BCUT2D eigenvalue weighted by atomic mass is 9.96. The monoisotopic (exact) mass is 633 g/mol. The summed E-state index contributed by atoms with van der Waals surface area (Å²) in [6.45, 7) is 0.433. The first-order valence-corrected chi connectivity index (χ1v) is 15.3. The van der Waals surface area contributed by atoms with E-state index in [2.05, 4.69) is 10.6 Å². The second kappa shape index (κ2) is 11.9. The third kappa shape index (κ3) is 6.76. The van der Waals surface area contributed by atoms with Gasteiger partial charge in [-0.15, -0.1) is 11.3 Å². The van der Waals surface area contributed by atoms with Gasteiger partial charge in [-0.1, -0.05) is 34.8 Å². The molecule has 0 aliphatic carbocycles. The molecule has 10 nitrogen and oxygen atoms in total. The molecule has 4 rings (SSSR count). The molecule has 0 unspecified atom stereocenters. The Hall–Kier alpha value is -2.61. The van der Waals surface area contributed by atoms with Crippen molar-refractivity contribution >= 4 is 73.8 Å². The number of carbonyl (C=O) groups excluding carboxylic acids is 2. The van der Waals surface area contributed by atoms with Gasteiger partial charge in [0, 0.05) is 25.9 Å². The second-order valence-corrected chi connectivity index (χ2v) is 13.2. The van der Waals surface area contributed by atoms with Crippen molar-refractivity contribution in [1.82, 2.24) is 15.5 Å². The summed E-state index contributed by atoms with van der Waals surface area (Å²) in [6, 6.07) is 6.28. The van der Waals surface area contributed by atoms with E-state index in [0.717, 1.165) is 6.26 Å². The minimum Gasteiger partial charge on any atom is -0.480 e. The van der Waals surface area contributed by atoms with Crippen LogP contribution in [-0.2, 0) is 34.1 Å². The van der Waals surface area contributed by atoms with E-state index in [1.807, 2.05) is 0 Å². The number of nitrogens with one attached hydrogen (secondary N) is 2. The van der Waals surface area contributed by atoms with E-state index in [9.17, 15) is 27.9 Å². The minimum absolute atomic E-state index is 0.0192. The highest BCUT2D eigenvalue weighted by Gasteiger charge is 2.30. The van der Waals surface area contributed by atoms with Crippen molar-refractivity contribution in [1.29, 1.82) is 0 Å². The number of hydrogen-bond donors (Lipinski definition) is 3. The highest BCUT2D eigenvalue weighted by Crippen LogP contribution is 2.35. The van der Waals surface area contributed by atoms with E-state index < -0.39 is 27.8 Å². The van der Waals surface area contributed by atoms with Gasteiger partial charge in [0.05, 0.1) is 31.4 Å². The number of rotatable bonds is 9. The first-order chi connectivity index (χ1) is 18.3. The lowest BCUT2D eigenvalue weighted by molar-refractivity contribution is -0.139. The van der Waals surface area contributed by atoms with Crippen LogP contribution in [0.1, 0.15) is 36.9 Å². The lowest BCUT2D eigenvalue weighted by Gasteiger charge is -2.30. The fourth-order valence-corrected chi connectivity index (χ4v) is 6.39. The third-order valence-corrected chi connectivity index (χ3v) is 8.84. The van der Waals surface area contributed by atoms with E-state index in [1.165, 1.54) is 23.5 Å². The Kier molecular flexibility index (Phi) is 8.94. The van der Waals surface area contributed by atoms with Crippen LogP contribution in [0.25, 0.3) is 0 Å². The molecule has 0 spiro atoms. The van der Waals surface area contributed by atoms with Crippen molar-refractivity contribution in [2.24, 2.45) is 0 Å². The summed E-state index contributed by atoms with van der Waals surface area (Å²) < 4.78 is 28.8. The number of aliphatic carboxylic acids is 1. The molecule has 3 heterocycles. The Morgan fingerprint density at radius 1 is 1.18 bits per heavy atom. The average molecular weight is 635 g/mol. The molecule has 0 saturated carbocycles. The summed E-state index contributed by atoms with van der Waals surface area (Å²) in [5.41, 5.74) is 1.29. The highest BCUT2D eigenvalue weighted by molar-refractivity contribution is 7.90. The molecular formula is C24H22Cl3N3O7S2. The maximum Gasteiger partial charge on any atom is 0.327 e. The third-order valence-electron chi connectivity index (χ3n) is 5.96. The van der Waals surface area contributed by atoms with Gasteiger partial charge in [-0.25, -0.2) is 13.2 Å². The predicted octanol–water partition coefficient (Wildman–Crippen LogP) is 3.88. The fourth-order valence-electron chi connectivity index (χ4n) is 4.04. The standard InChI is InChI=1S/C24H22Cl3N3O7S2/c1-39(35,36)19-5-2-13(37-19)9-28-10-16(24(33)34)29-22(31)20-15(25)8-12-11-30(7-6-14(12)21(20)27)23(32)17-3-4-18(26)38-17/h2-5,8,16,28H,6-7,9-11H2,1H3,(H,29,31)(H,33,34)/t16-/m0/s1. The Balaban J connectivity index is 1.43. The maximum absolute atomic E-state index is 13.1. The summed E-state index contributed by atoms with van der Waals surface area (Å²) in [4.78, 5) is 39.8. The summed E-state index contributed by atoms with van der Waals surface area (Å²) >= 11 is 20.1. The van der Waals surface area contributed by atoms with Crippen LogP contribution in [0.15, 0.2) is 39.8 Å². The zero-order valence-electron chi connectivity index (χ0n) is 20.3. The van der Waals surface area contributed by atoms with Gasteiger partial charge in [-0.05, 0) is 47.9 Å². The smallest absolute Gasteiger partial charge is 0.327 e. The number of furan rings is 1. The molecule has 1 aliphatic rings. The number of nitrogens with zero attached hydrogens (tertiary/aromatic N) is 1. The van der Waals surface area contributed by atoms with Gasteiger partial charge in [0.1, 0.15) is 11.8 Å². The van der Waals surface area contributed by atoms with Crippen molar-refractivity contribution < 1.29 is 32.3 Å². The summed E-state index contributed by atoms with van der Waals surface area (Å²) in [5, 5.41) is 14.8. The molecule has 39 heavy (non-hydrogen) atoms. The topological polar surface area (TPSA) is 146 Å². The van der Waals surface area contributed by atoms with Crippen molar-refractivity contribution in [3.63, 3.8) is 0 Å². The zero-order chi connectivity index (χ0) is 28.5. The SMILES string of the molecule is CS(=O)(=O)c1ccc(CNC[C@H](NC(=O)c2c(Cl)cc3c(c2Cl)CCN(C(=O)c2ccc(Cl)s2)C3)C(=O)O)o1. The van der Waals surface area contributed by atoms with Crippen molar-refractivity contribution in [2.45, 2.75) is 30.6 Å². The van der Waals surface area contributed by atoms with Crippen LogP contribution in [0.2, 0.25) is 14.4 Å². The van der Waals surface area contributed by atoms with E-state index in [4.69, 9.17) is 39.2 Å². The Morgan fingerprint density at radius 2 is 1.92 bits per heavy atom. The van der Waals surface area contributed by atoms with E-state index in [0.29, 0.717) is 33.3 Å². The van der Waals surface area contributed by atoms with Gasteiger partial charge in [0.15, 0.2) is 0 Å². The number of halogens is 3. The predicted molar refractivity (Wildman–Crippen MR) is 147 cm³/mol. The zero-order valence-corrected chi connectivity index (χ0v) is 24.2. The number of carboxylic acids is 1. The Bertz CT molecular complexity index is 1550. The molecule has 1 atom stereocenters. The summed E-state index contributed by atoms with van der Waals surface area (Å²) in [7, 11) is -3.51. The van der Waals surface area contributed by atoms with Crippen molar-refractivity contribution in [3.8, 4) is 0 Å². The van der Waals surface area contributed by atoms with E-state index in [-0.39, 0.29) is 52.0 Å². The molecule has 3 N–H and O–H groups in total. The number of fused-ring (bicyclic) bond motifs is 1. The molecular weight excluding hydrogens is 613 g/mol. The van der Waals surface area contributed by atoms with Gasteiger partial charge in [0.25, 0.3) is 11.8 Å². The molecule has 1 aliphatic heterocycles. The van der Waals surface area contributed by atoms with Crippen LogP contribution >= 0.6 is 46.1 Å². The highest BCUT2D eigenvalue weighted by atomic mass is 35.5. The molecule has 0 saturated heterocycles. The molecule has 208 valence electrons. The molecule has 2 amide bonds. The number of carboxylic acid groups (broad SMARTS) is 1. The first-order valence-electron chi connectivity index (χ1n) is 11.4. The average Bonchev–Trinajstić information content (AvgIpc) is 3.51. The number of carbonyl (C=O) groups is 3. The van der Waals surface area contributed by atoms with Crippen LogP contribution in [-0.4, -0.2) is 61.6 Å². The van der Waals surface area contributed by atoms with E-state index in [1.54, 1.807) is 23.1 Å². The number of sulfone groups is 1. The molecule has 0 radical (unpaired) electrons. The number of amides is 2. The van der Waals surface area contributed by atoms with E-state index >= 15 is 0 Å². The maximum atomic E-state index is 13.1. The number of hydrogen-bond acceptors (Lipinski definition) is 8. The van der Waals surface area contributed by atoms with Gasteiger partial charge in [-0.3, -0.25) is 9.59 Å². The normalized spacial score (nSPS) is 14.1. The van der Waals surface area contributed by atoms with Crippen LogP contribution in [0.4, 0.5) is 0 Å². The number of benzene rings is 1. The molecule has 0 fully saturated rings. The lowest BCUT2D eigenvalue weighted by Crippen LogP contribution is -2.47. The molecule has 0 bridgehead atoms. The van der Waals surface area contributed by atoms with Gasteiger partial charge < -0.3 is 25.1 Å². The quantitative estimate of drug-likeness (QED) is 0.322. The molecule has 2 aromatic heterocycles. The molecule has 3 aromatic rings.